The summed E-state index contributed by atoms with van der Waals surface area (Å²) < 4.78 is 6.42. The molecule has 0 bridgehead atoms. The van der Waals surface area contributed by atoms with Crippen molar-refractivity contribution in [3.8, 4) is 11.5 Å². The number of aryl methyl sites for hydroxylation is 1. The quantitative estimate of drug-likeness (QED) is 0.594. The highest BCUT2D eigenvalue weighted by Crippen LogP contribution is 2.17. The number of nitrogen functional groups attached to an aromatic ring is 1. The number of aromatic nitrogens is 2. The van der Waals surface area contributed by atoms with Gasteiger partial charge in [-0.15, -0.1) is 0 Å². The number of phenols is 1. The van der Waals surface area contributed by atoms with Crippen molar-refractivity contribution in [2.24, 2.45) is 7.05 Å². The molecular weight excluding hydrogens is 222 g/mol. The third-order valence-electron chi connectivity index (χ3n) is 2.17. The van der Waals surface area contributed by atoms with Crippen LogP contribution in [-0.2, 0) is 7.05 Å². The number of carbonyl (C=O) groups excluding carboxylic acids is 1. The van der Waals surface area contributed by atoms with Crippen molar-refractivity contribution < 1.29 is 14.6 Å². The maximum atomic E-state index is 11.6. The van der Waals surface area contributed by atoms with E-state index in [1.165, 1.54) is 35.0 Å². The smallest absolute Gasteiger partial charge is 0.364 e. The number of benzene rings is 1. The van der Waals surface area contributed by atoms with Crippen molar-refractivity contribution in [1.29, 1.82) is 0 Å². The van der Waals surface area contributed by atoms with Crippen LogP contribution in [0.2, 0.25) is 0 Å². The van der Waals surface area contributed by atoms with Crippen molar-refractivity contribution in [2.75, 3.05) is 5.73 Å². The minimum Gasteiger partial charge on any atom is -0.508 e. The summed E-state index contributed by atoms with van der Waals surface area (Å²) in [5.41, 5.74) is 5.69. The van der Waals surface area contributed by atoms with Crippen LogP contribution < -0.4 is 10.5 Å². The number of anilines is 1. The minimum atomic E-state index is -0.594. The van der Waals surface area contributed by atoms with Gasteiger partial charge in [-0.2, -0.15) is 5.10 Å². The van der Waals surface area contributed by atoms with Gasteiger partial charge in [-0.25, -0.2) is 4.79 Å². The molecule has 0 aliphatic heterocycles. The van der Waals surface area contributed by atoms with Gasteiger partial charge in [0.25, 0.3) is 0 Å². The molecule has 6 heteroatoms. The van der Waals surface area contributed by atoms with Gasteiger partial charge in [0.05, 0.1) is 0 Å². The first-order valence-electron chi connectivity index (χ1n) is 4.87. The molecule has 1 aromatic heterocycles. The standard InChI is InChI=1S/C11H11N3O3/c1-14-10(12)6-9(13-14)11(16)17-8-4-2-7(15)3-5-8/h2-6,15H,12H2,1H3. The van der Waals surface area contributed by atoms with Crippen molar-refractivity contribution in [3.63, 3.8) is 0 Å². The second kappa shape index (κ2) is 4.17. The highest BCUT2D eigenvalue weighted by atomic mass is 16.5. The Hall–Kier alpha value is -2.50. The van der Waals surface area contributed by atoms with E-state index in [2.05, 4.69) is 5.10 Å². The summed E-state index contributed by atoms with van der Waals surface area (Å²) in [6.07, 6.45) is 0. The van der Waals surface area contributed by atoms with Gasteiger partial charge in [-0.3, -0.25) is 4.68 Å². The van der Waals surface area contributed by atoms with Crippen LogP contribution in [0.1, 0.15) is 10.5 Å². The third kappa shape index (κ3) is 2.36. The molecule has 2 rings (SSSR count). The first-order valence-corrected chi connectivity index (χ1v) is 4.87. The zero-order chi connectivity index (χ0) is 12.4. The van der Waals surface area contributed by atoms with Gasteiger partial charge in [0.15, 0.2) is 5.69 Å². The molecule has 0 atom stereocenters. The Morgan fingerprint density at radius 2 is 2.06 bits per heavy atom. The highest BCUT2D eigenvalue weighted by Gasteiger charge is 2.13. The number of aromatic hydroxyl groups is 1. The normalized spacial score (nSPS) is 10.2. The second-order valence-electron chi connectivity index (χ2n) is 3.46. The van der Waals surface area contributed by atoms with E-state index in [1.54, 1.807) is 7.05 Å². The molecule has 17 heavy (non-hydrogen) atoms. The molecule has 2 aromatic rings. The van der Waals surface area contributed by atoms with Gasteiger partial charge in [-0.05, 0) is 24.3 Å². The lowest BCUT2D eigenvalue weighted by atomic mass is 10.3. The molecule has 0 radical (unpaired) electrons. The lowest BCUT2D eigenvalue weighted by Crippen LogP contribution is -2.09. The molecule has 0 aliphatic carbocycles. The molecule has 0 unspecified atom stereocenters. The largest absolute Gasteiger partial charge is 0.508 e. The Bertz CT molecular complexity index is 526. The molecule has 0 saturated carbocycles. The van der Waals surface area contributed by atoms with Crippen LogP contribution >= 0.6 is 0 Å². The molecule has 88 valence electrons. The summed E-state index contributed by atoms with van der Waals surface area (Å²) in [5, 5.41) is 13.0. The fraction of sp³-hybridized carbons (Fsp3) is 0.0909. The minimum absolute atomic E-state index is 0.104. The average molecular weight is 233 g/mol. The van der Waals surface area contributed by atoms with E-state index in [0.29, 0.717) is 11.6 Å². The second-order valence-corrected chi connectivity index (χ2v) is 3.46. The molecule has 0 spiro atoms. The summed E-state index contributed by atoms with van der Waals surface area (Å²) in [6.45, 7) is 0. The molecule has 3 N–H and O–H groups in total. The van der Waals surface area contributed by atoms with Gasteiger partial charge < -0.3 is 15.6 Å². The van der Waals surface area contributed by atoms with Gasteiger partial charge in [0.1, 0.15) is 17.3 Å². The van der Waals surface area contributed by atoms with E-state index < -0.39 is 5.97 Å². The Kier molecular flexibility index (Phi) is 2.70. The zero-order valence-electron chi connectivity index (χ0n) is 9.12. The number of carbonyl (C=O) groups is 1. The third-order valence-corrected chi connectivity index (χ3v) is 2.17. The first-order chi connectivity index (χ1) is 8.06. The van der Waals surface area contributed by atoms with Crippen LogP contribution in [0.5, 0.6) is 11.5 Å². The van der Waals surface area contributed by atoms with Crippen molar-refractivity contribution in [1.82, 2.24) is 9.78 Å². The van der Waals surface area contributed by atoms with Gasteiger partial charge in [-0.1, -0.05) is 0 Å². The fourth-order valence-electron chi connectivity index (χ4n) is 1.25. The number of nitrogens with zero attached hydrogens (tertiary/aromatic N) is 2. The van der Waals surface area contributed by atoms with Gasteiger partial charge in [0, 0.05) is 13.1 Å². The van der Waals surface area contributed by atoms with Crippen LogP contribution in [-0.4, -0.2) is 20.9 Å². The number of ether oxygens (including phenoxy) is 1. The number of hydrogen-bond acceptors (Lipinski definition) is 5. The van der Waals surface area contributed by atoms with Crippen LogP contribution in [0.4, 0.5) is 5.82 Å². The Morgan fingerprint density at radius 1 is 1.41 bits per heavy atom. The summed E-state index contributed by atoms with van der Waals surface area (Å²) in [4.78, 5) is 11.6. The maximum Gasteiger partial charge on any atom is 0.364 e. The Labute approximate surface area is 97.2 Å². The SMILES string of the molecule is Cn1nc(C(=O)Oc2ccc(O)cc2)cc1N. The van der Waals surface area contributed by atoms with Crippen molar-refractivity contribution in [2.45, 2.75) is 0 Å². The molecule has 0 aliphatic rings. The number of phenolic OH excluding ortho intramolecular Hbond substituents is 1. The van der Waals surface area contributed by atoms with E-state index >= 15 is 0 Å². The molecule has 0 fully saturated rings. The Balaban J connectivity index is 2.14. The van der Waals surface area contributed by atoms with Crippen LogP contribution in [0, 0.1) is 0 Å². The summed E-state index contributed by atoms with van der Waals surface area (Å²) in [6, 6.07) is 7.26. The lowest BCUT2D eigenvalue weighted by Gasteiger charge is -2.01. The fourth-order valence-corrected chi connectivity index (χ4v) is 1.25. The van der Waals surface area contributed by atoms with Crippen LogP contribution in [0.15, 0.2) is 30.3 Å². The van der Waals surface area contributed by atoms with Gasteiger partial charge in [0.2, 0.25) is 0 Å². The number of esters is 1. The first kappa shape index (κ1) is 11.0. The van der Waals surface area contributed by atoms with Crippen LogP contribution in [0.3, 0.4) is 0 Å². The summed E-state index contributed by atoms with van der Waals surface area (Å²) in [5.74, 6) is 0.217. The Morgan fingerprint density at radius 3 is 2.59 bits per heavy atom. The van der Waals surface area contributed by atoms with E-state index in [-0.39, 0.29) is 11.4 Å². The van der Waals surface area contributed by atoms with E-state index in [4.69, 9.17) is 15.6 Å². The lowest BCUT2D eigenvalue weighted by molar-refractivity contribution is 0.0727. The zero-order valence-corrected chi connectivity index (χ0v) is 9.12. The van der Waals surface area contributed by atoms with Crippen molar-refractivity contribution >= 4 is 11.8 Å². The highest BCUT2D eigenvalue weighted by molar-refractivity contribution is 5.89. The monoisotopic (exact) mass is 233 g/mol. The molecule has 1 aromatic carbocycles. The van der Waals surface area contributed by atoms with E-state index in [0.717, 1.165) is 0 Å². The molecule has 6 nitrogen and oxygen atoms in total. The predicted molar refractivity (Wildman–Crippen MR) is 60.7 cm³/mol. The van der Waals surface area contributed by atoms with Crippen LogP contribution in [0.25, 0.3) is 0 Å². The number of rotatable bonds is 2. The van der Waals surface area contributed by atoms with E-state index in [1.807, 2.05) is 0 Å². The summed E-state index contributed by atoms with van der Waals surface area (Å²) >= 11 is 0. The molecule has 1 heterocycles. The van der Waals surface area contributed by atoms with Gasteiger partial charge >= 0.3 is 5.97 Å². The predicted octanol–water partition coefficient (Wildman–Crippen LogP) is 0.927. The van der Waals surface area contributed by atoms with Crippen molar-refractivity contribution in [3.05, 3.63) is 36.0 Å². The number of nitrogens with two attached hydrogens (primary N) is 1. The molecule has 0 saturated heterocycles. The number of hydrogen-bond donors (Lipinski definition) is 2. The molecular formula is C11H11N3O3. The summed E-state index contributed by atoms with van der Waals surface area (Å²) in [7, 11) is 1.63. The topological polar surface area (TPSA) is 90.4 Å². The maximum absolute atomic E-state index is 11.6. The van der Waals surface area contributed by atoms with E-state index in [9.17, 15) is 4.79 Å². The average Bonchev–Trinajstić information content (AvgIpc) is 2.63. The molecule has 0 amide bonds.